The summed E-state index contributed by atoms with van der Waals surface area (Å²) in [4.78, 5) is 12.2. The number of ether oxygens (including phenoxy) is 2. The molecule has 0 aromatic rings. The fourth-order valence-electron chi connectivity index (χ4n) is 8.16. The van der Waals surface area contributed by atoms with Crippen LogP contribution in [0.4, 0.5) is 4.79 Å². The van der Waals surface area contributed by atoms with E-state index < -0.39 is 34.5 Å². The number of aliphatic hydroxyl groups excluding tert-OH is 1. The van der Waals surface area contributed by atoms with Gasteiger partial charge >= 0.3 is 6.16 Å². The zero-order valence-corrected chi connectivity index (χ0v) is 38.0. The number of fused-ring (bicyclic) bond motifs is 1. The van der Waals surface area contributed by atoms with E-state index in [-0.39, 0.29) is 33.6 Å². The molecule has 3 aliphatic rings. The van der Waals surface area contributed by atoms with E-state index in [1.807, 2.05) is 13.0 Å². The number of carbonyl (C=O) groups is 1. The molecule has 1 N–H and O–H groups in total. The van der Waals surface area contributed by atoms with Gasteiger partial charge in [0.25, 0.3) is 0 Å². The second kappa shape index (κ2) is 17.1. The molecule has 0 saturated heterocycles. The van der Waals surface area contributed by atoms with E-state index in [0.29, 0.717) is 18.4 Å². The quantitative estimate of drug-likeness (QED) is 0.0872. The third-order valence-electron chi connectivity index (χ3n) is 13.8. The Bertz CT molecular complexity index is 1330. The van der Waals surface area contributed by atoms with Crippen LogP contribution in [0.25, 0.3) is 0 Å². The van der Waals surface area contributed by atoms with Crippen molar-refractivity contribution in [2.75, 3.05) is 6.61 Å². The fourth-order valence-corrected chi connectivity index (χ4v) is 10.8. The van der Waals surface area contributed by atoms with Gasteiger partial charge in [-0.1, -0.05) is 105 Å². The summed E-state index contributed by atoms with van der Waals surface area (Å²) in [6.07, 6.45) is 16.6. The van der Waals surface area contributed by atoms with Gasteiger partial charge in [-0.05, 0) is 129 Å². The van der Waals surface area contributed by atoms with Gasteiger partial charge in [0.05, 0.1) is 18.8 Å². The molecule has 0 spiro atoms. The van der Waals surface area contributed by atoms with Crippen molar-refractivity contribution in [1.82, 2.24) is 0 Å². The molecule has 0 aromatic carbocycles. The highest BCUT2D eigenvalue weighted by atomic mass is 28.4. The van der Waals surface area contributed by atoms with Crippen molar-refractivity contribution in [1.29, 1.82) is 0 Å². The molecule has 3 fully saturated rings. The van der Waals surface area contributed by atoms with E-state index in [1.54, 1.807) is 19.4 Å². The van der Waals surface area contributed by atoms with Crippen LogP contribution < -0.4 is 0 Å². The molecule has 0 aliphatic heterocycles. The molecule has 3 aliphatic carbocycles. The van der Waals surface area contributed by atoms with E-state index in [0.717, 1.165) is 44.1 Å². The maximum Gasteiger partial charge on any atom is 0.508 e. The third kappa shape index (κ3) is 10.9. The summed E-state index contributed by atoms with van der Waals surface area (Å²) in [5.74, 6) is 1.33. The lowest BCUT2D eigenvalue weighted by atomic mass is 9.61. The van der Waals surface area contributed by atoms with Gasteiger partial charge in [0, 0.05) is 6.42 Å². The van der Waals surface area contributed by atoms with Gasteiger partial charge in [-0.2, -0.15) is 0 Å². The molecule has 0 heterocycles. The number of allylic oxidation sites excluding steroid dienone is 4. The predicted molar refractivity (Wildman–Crippen MR) is 223 cm³/mol. The number of hydrogen-bond acceptors (Lipinski definition) is 6. The first-order valence-corrected chi connectivity index (χ1v) is 26.2. The maximum absolute atomic E-state index is 12.2. The Hall–Kier alpha value is -1.46. The number of hydrogen-bond donors (Lipinski definition) is 1. The molecule has 0 bridgehead atoms. The summed E-state index contributed by atoms with van der Waals surface area (Å²) >= 11 is 0. The highest BCUT2D eigenvalue weighted by molar-refractivity contribution is 6.74. The van der Waals surface area contributed by atoms with Gasteiger partial charge in [-0.3, -0.25) is 0 Å². The van der Waals surface area contributed by atoms with Crippen LogP contribution in [0.5, 0.6) is 0 Å². The van der Waals surface area contributed by atoms with E-state index in [2.05, 4.69) is 106 Å². The van der Waals surface area contributed by atoms with E-state index >= 15 is 0 Å². The Kier molecular flexibility index (Phi) is 14.8. The van der Waals surface area contributed by atoms with Crippen LogP contribution in [0, 0.1) is 23.2 Å². The van der Waals surface area contributed by atoms with Gasteiger partial charge in [-0.25, -0.2) is 4.79 Å². The molecule has 0 aromatic heterocycles. The lowest BCUT2D eigenvalue weighted by Crippen LogP contribution is -2.49. The minimum absolute atomic E-state index is 0.0217. The van der Waals surface area contributed by atoms with Crippen LogP contribution >= 0.6 is 0 Å². The standard InChI is InChI=1S/C44H78O6Si2/c1-17-18-28-47-40(46)48-43(10,11)39(45)26-21-31(2)36-24-25-37-33(20-19-27-44(36,37)12)22-23-34-29-35(49-51(13,14)41(4,5)6)30-38(32(34)3)50-52(15,16)42(7,8)9/h21-23,26,31,35-39,45H,3,17-20,24-25,27-30H2,1-2,4-16H3/b26-21+,33-22+,34-23-/t31-,35-,36-,37+,38+,39+,44-/m1/s1. The molecule has 3 rings (SSSR count). The SMILES string of the molecule is C=C1/C(=C\C=C2/CCC[C@]3(C)[C@@H]([C@H](C)/C=C/[C@H](O)C(C)(C)OC(=O)OCCCC)CC[C@@H]23)C[C@@H](O[Si](C)(C)C(C)(C)C)C[C@@H]1O[Si](C)(C)C(C)(C)C. The monoisotopic (exact) mass is 759 g/mol. The van der Waals surface area contributed by atoms with Crippen LogP contribution in [0.2, 0.25) is 36.3 Å². The Labute approximate surface area is 321 Å². The Morgan fingerprint density at radius 2 is 1.60 bits per heavy atom. The van der Waals surface area contributed by atoms with Crippen LogP contribution in [-0.2, 0) is 18.3 Å². The molecule has 8 heteroatoms. The molecule has 0 radical (unpaired) electrons. The number of unbranched alkanes of at least 4 members (excludes halogenated alkanes) is 1. The van der Waals surface area contributed by atoms with E-state index in [1.165, 1.54) is 24.8 Å². The molecule has 52 heavy (non-hydrogen) atoms. The van der Waals surface area contributed by atoms with Crippen molar-refractivity contribution in [2.45, 2.75) is 194 Å². The zero-order valence-electron chi connectivity index (χ0n) is 36.0. The van der Waals surface area contributed by atoms with Crippen molar-refractivity contribution in [3.05, 3.63) is 47.6 Å². The van der Waals surface area contributed by atoms with Crippen molar-refractivity contribution in [3.8, 4) is 0 Å². The van der Waals surface area contributed by atoms with Crippen molar-refractivity contribution in [3.63, 3.8) is 0 Å². The predicted octanol–water partition coefficient (Wildman–Crippen LogP) is 12.5. The third-order valence-corrected chi connectivity index (χ3v) is 22.8. The highest BCUT2D eigenvalue weighted by Gasteiger charge is 2.50. The summed E-state index contributed by atoms with van der Waals surface area (Å²) in [5, 5.41) is 11.3. The van der Waals surface area contributed by atoms with E-state index in [9.17, 15) is 9.90 Å². The summed E-state index contributed by atoms with van der Waals surface area (Å²) in [5.41, 5.74) is 3.11. The lowest BCUT2D eigenvalue weighted by molar-refractivity contribution is -0.0670. The van der Waals surface area contributed by atoms with Crippen molar-refractivity contribution in [2.24, 2.45) is 23.2 Å². The summed E-state index contributed by atoms with van der Waals surface area (Å²) < 4.78 is 24.9. The molecule has 0 amide bonds. The molecule has 298 valence electrons. The number of rotatable bonds is 13. The molecule has 7 atom stereocenters. The lowest BCUT2D eigenvalue weighted by Gasteiger charge is -2.45. The minimum Gasteiger partial charge on any atom is -0.434 e. The van der Waals surface area contributed by atoms with Crippen LogP contribution in [0.1, 0.15) is 134 Å². The first-order valence-electron chi connectivity index (χ1n) is 20.4. The zero-order chi connectivity index (χ0) is 39.5. The Morgan fingerprint density at radius 3 is 2.19 bits per heavy atom. The van der Waals surface area contributed by atoms with Gasteiger partial charge in [0.1, 0.15) is 11.7 Å². The van der Waals surface area contributed by atoms with Gasteiger partial charge in [-0.15, -0.1) is 0 Å². The van der Waals surface area contributed by atoms with Gasteiger partial charge in [0.15, 0.2) is 16.6 Å². The molecule has 0 unspecified atom stereocenters. The molecular formula is C44H78O6Si2. The largest absolute Gasteiger partial charge is 0.508 e. The van der Waals surface area contributed by atoms with Crippen LogP contribution in [0.3, 0.4) is 0 Å². The second-order valence-corrected chi connectivity index (χ2v) is 29.7. The fraction of sp³-hybridized carbons (Fsp3) is 0.795. The van der Waals surface area contributed by atoms with Crippen LogP contribution in [0.15, 0.2) is 47.6 Å². The first-order chi connectivity index (χ1) is 23.8. The van der Waals surface area contributed by atoms with Crippen molar-refractivity contribution < 1.29 is 28.2 Å². The van der Waals surface area contributed by atoms with Crippen LogP contribution in [-0.4, -0.2) is 58.4 Å². The van der Waals surface area contributed by atoms with Crippen molar-refractivity contribution >= 4 is 22.8 Å². The normalized spacial score (nSPS) is 29.4. The summed E-state index contributed by atoms with van der Waals surface area (Å²) in [7, 11) is -4.00. The topological polar surface area (TPSA) is 74.2 Å². The molecule has 6 nitrogen and oxygen atoms in total. The Morgan fingerprint density at radius 1 is 0.981 bits per heavy atom. The summed E-state index contributed by atoms with van der Waals surface area (Å²) in [6, 6.07) is 0. The maximum atomic E-state index is 12.2. The Balaban J connectivity index is 1.82. The highest BCUT2D eigenvalue weighted by Crippen LogP contribution is 2.59. The smallest absolute Gasteiger partial charge is 0.434 e. The van der Waals surface area contributed by atoms with E-state index in [4.69, 9.17) is 18.3 Å². The van der Waals surface area contributed by atoms with Gasteiger partial charge < -0.3 is 23.4 Å². The first kappa shape index (κ1) is 44.9. The average molecular weight is 759 g/mol. The number of aliphatic hydroxyl groups is 1. The summed E-state index contributed by atoms with van der Waals surface area (Å²) in [6.45, 7) is 38.6. The minimum atomic E-state index is -2.02. The number of carbonyl (C=O) groups excluding carboxylic acids is 1. The molecular weight excluding hydrogens is 681 g/mol. The average Bonchev–Trinajstić information content (AvgIpc) is 3.36. The molecule has 3 saturated carbocycles. The second-order valence-electron chi connectivity index (χ2n) is 20.2. The van der Waals surface area contributed by atoms with Gasteiger partial charge in [0.2, 0.25) is 0 Å².